The van der Waals surface area contributed by atoms with Crippen molar-refractivity contribution in [1.82, 2.24) is 19.9 Å². The van der Waals surface area contributed by atoms with Gasteiger partial charge in [-0.3, -0.25) is 9.69 Å². The lowest BCUT2D eigenvalue weighted by Crippen LogP contribution is -2.48. The molecule has 2 aromatic carbocycles. The molecule has 0 aliphatic carbocycles. The Hall–Kier alpha value is -3.58. The lowest BCUT2D eigenvalue weighted by molar-refractivity contribution is 0.0630. The molecule has 1 aliphatic heterocycles. The Labute approximate surface area is 185 Å². The van der Waals surface area contributed by atoms with E-state index < -0.39 is 0 Å². The molecule has 5 rings (SSSR count). The molecule has 32 heavy (non-hydrogen) atoms. The van der Waals surface area contributed by atoms with Crippen LogP contribution in [0.25, 0.3) is 22.4 Å². The van der Waals surface area contributed by atoms with Gasteiger partial charge in [0, 0.05) is 44.0 Å². The summed E-state index contributed by atoms with van der Waals surface area (Å²) in [6, 6.07) is 18.1. The first-order chi connectivity index (χ1) is 15.6. The molecule has 1 saturated heterocycles. The zero-order valence-corrected chi connectivity index (χ0v) is 17.8. The highest BCUT2D eigenvalue weighted by atomic mass is 19.1. The molecule has 3 heterocycles. The molecule has 1 amide bonds. The molecule has 0 spiro atoms. The molecule has 0 radical (unpaired) electrons. The van der Waals surface area contributed by atoms with Crippen molar-refractivity contribution in [1.29, 1.82) is 0 Å². The number of carbonyl (C=O) groups excluding carboxylic acids is 1. The van der Waals surface area contributed by atoms with Crippen LogP contribution in [0.2, 0.25) is 0 Å². The Balaban J connectivity index is 1.40. The first-order valence-electron chi connectivity index (χ1n) is 10.7. The van der Waals surface area contributed by atoms with E-state index in [1.165, 1.54) is 17.7 Å². The van der Waals surface area contributed by atoms with Crippen molar-refractivity contribution in [2.45, 2.75) is 13.5 Å². The fourth-order valence-electron chi connectivity index (χ4n) is 4.17. The summed E-state index contributed by atoms with van der Waals surface area (Å²) in [5.74, 6) is -0.397. The number of piperazine rings is 1. The highest BCUT2D eigenvalue weighted by molar-refractivity contribution is 6.09. The first-order valence-corrected chi connectivity index (χ1v) is 10.7. The molecule has 0 bridgehead atoms. The molecule has 1 aliphatic rings. The van der Waals surface area contributed by atoms with E-state index in [1.54, 1.807) is 18.2 Å². The van der Waals surface area contributed by atoms with Crippen LogP contribution in [0, 0.1) is 12.7 Å². The number of fused-ring (bicyclic) bond motifs is 1. The summed E-state index contributed by atoms with van der Waals surface area (Å²) in [7, 11) is 0. The molecule has 7 heteroatoms. The first kappa shape index (κ1) is 20.3. The van der Waals surface area contributed by atoms with E-state index in [1.807, 2.05) is 30.0 Å². The highest BCUT2D eigenvalue weighted by Crippen LogP contribution is 2.31. The Morgan fingerprint density at radius 1 is 1.03 bits per heavy atom. The van der Waals surface area contributed by atoms with Gasteiger partial charge >= 0.3 is 0 Å². The van der Waals surface area contributed by atoms with Crippen LogP contribution in [0.1, 0.15) is 21.6 Å². The Bertz CT molecular complexity index is 1250. The number of aromatic nitrogens is 2. The smallest absolute Gasteiger partial charge is 0.259 e. The van der Waals surface area contributed by atoms with Crippen LogP contribution in [0.15, 0.2) is 65.2 Å². The van der Waals surface area contributed by atoms with Gasteiger partial charge in [0.2, 0.25) is 0 Å². The summed E-state index contributed by atoms with van der Waals surface area (Å²) >= 11 is 0. The monoisotopic (exact) mass is 430 g/mol. The number of carbonyl (C=O) groups is 1. The third-order valence-corrected chi connectivity index (χ3v) is 5.83. The van der Waals surface area contributed by atoms with Crippen molar-refractivity contribution < 1.29 is 13.7 Å². The van der Waals surface area contributed by atoms with Crippen molar-refractivity contribution in [3.63, 3.8) is 0 Å². The van der Waals surface area contributed by atoms with E-state index in [4.69, 9.17) is 4.52 Å². The highest BCUT2D eigenvalue weighted by Gasteiger charge is 2.27. The number of aryl methyl sites for hydroxylation is 1. The molecule has 1 fully saturated rings. The van der Waals surface area contributed by atoms with Crippen LogP contribution < -0.4 is 0 Å². The fourth-order valence-corrected chi connectivity index (χ4v) is 4.17. The van der Waals surface area contributed by atoms with Gasteiger partial charge in [-0.25, -0.2) is 9.37 Å². The molecule has 4 aromatic rings. The van der Waals surface area contributed by atoms with Crippen LogP contribution in [-0.4, -0.2) is 52.0 Å². The van der Waals surface area contributed by atoms with Gasteiger partial charge < -0.3 is 9.42 Å². The summed E-state index contributed by atoms with van der Waals surface area (Å²) in [6.45, 7) is 5.61. The Morgan fingerprint density at radius 2 is 1.75 bits per heavy atom. The molecule has 0 saturated carbocycles. The maximum absolute atomic E-state index is 13.5. The van der Waals surface area contributed by atoms with Crippen molar-refractivity contribution in [2.75, 3.05) is 26.2 Å². The van der Waals surface area contributed by atoms with Crippen LogP contribution in [0.5, 0.6) is 0 Å². The minimum atomic E-state index is -0.333. The molecular formula is C25H23FN4O2. The molecule has 162 valence electrons. The van der Waals surface area contributed by atoms with Gasteiger partial charge in [0.15, 0.2) is 0 Å². The van der Waals surface area contributed by atoms with Gasteiger partial charge in [-0.05, 0) is 42.8 Å². The normalized spacial score (nSPS) is 14.8. The van der Waals surface area contributed by atoms with Gasteiger partial charge in [-0.2, -0.15) is 0 Å². The van der Waals surface area contributed by atoms with Crippen LogP contribution in [-0.2, 0) is 6.54 Å². The number of hydrogen-bond acceptors (Lipinski definition) is 5. The largest absolute Gasteiger partial charge is 0.336 e. The van der Waals surface area contributed by atoms with Crippen molar-refractivity contribution in [3.8, 4) is 11.3 Å². The minimum Gasteiger partial charge on any atom is -0.336 e. The lowest BCUT2D eigenvalue weighted by atomic mass is 10.0. The van der Waals surface area contributed by atoms with Gasteiger partial charge in [0.05, 0.1) is 10.9 Å². The van der Waals surface area contributed by atoms with Crippen molar-refractivity contribution in [2.24, 2.45) is 0 Å². The molecule has 2 aromatic heterocycles. The summed E-state index contributed by atoms with van der Waals surface area (Å²) < 4.78 is 18.8. The van der Waals surface area contributed by atoms with E-state index in [-0.39, 0.29) is 11.7 Å². The molecule has 0 unspecified atom stereocenters. The van der Waals surface area contributed by atoms with Crippen molar-refractivity contribution >= 4 is 17.0 Å². The number of halogens is 1. The third-order valence-electron chi connectivity index (χ3n) is 5.83. The number of benzene rings is 2. The predicted octanol–water partition coefficient (Wildman–Crippen LogP) is 4.30. The zero-order chi connectivity index (χ0) is 22.1. The quantitative estimate of drug-likeness (QED) is 0.483. The predicted molar refractivity (Wildman–Crippen MR) is 120 cm³/mol. The van der Waals surface area contributed by atoms with Crippen molar-refractivity contribution in [3.05, 3.63) is 83.3 Å². The number of nitrogens with zero attached hydrogens (tertiary/aromatic N) is 4. The Kier molecular flexibility index (Phi) is 5.41. The zero-order valence-electron chi connectivity index (χ0n) is 17.8. The standard InChI is InChI=1S/C25H23FN4O2/c1-17-15-21(22-23(28-32-24(22)27-17)19-7-9-20(26)10-8-19)25(31)30-13-11-29(12-14-30)16-18-5-3-2-4-6-18/h2-10,15H,11-14,16H2,1H3. The second-order valence-electron chi connectivity index (χ2n) is 8.08. The number of amides is 1. The van der Waals surface area contributed by atoms with E-state index in [9.17, 15) is 9.18 Å². The van der Waals surface area contributed by atoms with Gasteiger partial charge in [-0.15, -0.1) is 0 Å². The van der Waals surface area contributed by atoms with E-state index in [0.29, 0.717) is 46.7 Å². The summed E-state index contributed by atoms with van der Waals surface area (Å²) in [5, 5.41) is 4.71. The van der Waals surface area contributed by atoms with Gasteiger partial charge in [0.25, 0.3) is 11.6 Å². The van der Waals surface area contributed by atoms with E-state index >= 15 is 0 Å². The topological polar surface area (TPSA) is 62.5 Å². The maximum atomic E-state index is 13.5. The number of hydrogen-bond donors (Lipinski definition) is 0. The Morgan fingerprint density at radius 3 is 2.47 bits per heavy atom. The minimum absolute atomic E-state index is 0.0635. The number of pyridine rings is 1. The van der Waals surface area contributed by atoms with Gasteiger partial charge in [0.1, 0.15) is 11.5 Å². The summed E-state index contributed by atoms with van der Waals surface area (Å²) in [4.78, 5) is 22.2. The molecule has 0 N–H and O–H groups in total. The maximum Gasteiger partial charge on any atom is 0.259 e. The third kappa shape index (κ3) is 3.99. The van der Waals surface area contributed by atoms with Crippen LogP contribution in [0.4, 0.5) is 4.39 Å². The van der Waals surface area contributed by atoms with E-state index in [2.05, 4.69) is 27.2 Å². The molecule has 0 atom stereocenters. The van der Waals surface area contributed by atoms with E-state index in [0.717, 1.165) is 19.6 Å². The van der Waals surface area contributed by atoms with Crippen LogP contribution in [0.3, 0.4) is 0 Å². The average molecular weight is 430 g/mol. The number of rotatable bonds is 4. The fraction of sp³-hybridized carbons (Fsp3) is 0.240. The molecular weight excluding hydrogens is 407 g/mol. The summed E-state index contributed by atoms with van der Waals surface area (Å²) in [6.07, 6.45) is 0. The second kappa shape index (κ2) is 8.51. The second-order valence-corrected chi connectivity index (χ2v) is 8.08. The SMILES string of the molecule is Cc1cc(C(=O)N2CCN(Cc3ccccc3)CC2)c2c(-c3ccc(F)cc3)noc2n1. The summed E-state index contributed by atoms with van der Waals surface area (Å²) in [5.41, 5.74) is 3.97. The van der Waals surface area contributed by atoms with Crippen LogP contribution >= 0.6 is 0 Å². The van der Waals surface area contributed by atoms with Gasteiger partial charge in [-0.1, -0.05) is 35.5 Å². The molecule has 6 nitrogen and oxygen atoms in total. The average Bonchev–Trinajstić information content (AvgIpc) is 3.23. The lowest BCUT2D eigenvalue weighted by Gasteiger charge is -2.35.